The van der Waals surface area contributed by atoms with Gasteiger partial charge in [0.15, 0.2) is 0 Å². The molecular weight excluding hydrogens is 440 g/mol. The molecule has 4 nitrogen and oxygen atoms in total. The summed E-state index contributed by atoms with van der Waals surface area (Å²) in [5.41, 5.74) is 7.29. The summed E-state index contributed by atoms with van der Waals surface area (Å²) in [6.07, 6.45) is 3.51. The summed E-state index contributed by atoms with van der Waals surface area (Å²) in [6, 6.07) is 26.4. The summed E-state index contributed by atoms with van der Waals surface area (Å²) >= 11 is 0. The fourth-order valence-electron chi connectivity index (χ4n) is 5.83. The third-order valence-corrected chi connectivity index (χ3v) is 7.65. The van der Waals surface area contributed by atoms with E-state index in [2.05, 4.69) is 100 Å². The van der Waals surface area contributed by atoms with E-state index in [1.807, 2.05) is 0 Å². The van der Waals surface area contributed by atoms with Gasteiger partial charge in [0.05, 0.1) is 0 Å². The minimum Gasteiger partial charge on any atom is -0.238 e. The quantitative estimate of drug-likeness (QED) is 0.276. The van der Waals surface area contributed by atoms with Crippen LogP contribution in [0.15, 0.2) is 72.8 Å². The molecule has 4 heteroatoms. The first-order valence-corrected chi connectivity index (χ1v) is 13.5. The lowest BCUT2D eigenvalue weighted by molar-refractivity contribution is 0.219. The van der Waals surface area contributed by atoms with Gasteiger partial charge >= 0.3 is 0 Å². The molecule has 36 heavy (non-hydrogen) atoms. The zero-order valence-electron chi connectivity index (χ0n) is 21.9. The Balaban J connectivity index is 1.72. The molecule has 0 amide bonds. The van der Waals surface area contributed by atoms with Gasteiger partial charge in [0.1, 0.15) is 11.6 Å². The molecule has 0 saturated heterocycles. The third-order valence-electron chi connectivity index (χ3n) is 7.65. The monoisotopic (exact) mass is 476 g/mol. The van der Waals surface area contributed by atoms with Crippen LogP contribution in [0, 0.1) is 0 Å². The number of aromatic nitrogens is 4. The molecule has 1 aliphatic rings. The minimum atomic E-state index is 0.253. The Bertz CT molecular complexity index is 1150. The second-order valence-electron chi connectivity index (χ2n) is 9.74. The van der Waals surface area contributed by atoms with Crippen molar-refractivity contribution in [3.05, 3.63) is 118 Å². The highest BCUT2D eigenvalue weighted by atomic mass is 14.9. The Kier molecular flexibility index (Phi) is 7.22. The number of hydrogen-bond acceptors (Lipinski definition) is 4. The highest BCUT2D eigenvalue weighted by molar-refractivity contribution is 5.46. The van der Waals surface area contributed by atoms with E-state index in [1.54, 1.807) is 0 Å². The predicted octanol–water partition coefficient (Wildman–Crippen LogP) is 6.96. The SMILES string of the molecule is CCc1cc(C2C(c3ccccc3)C(c3cc(CC)nc(CC)n3)C2c2ccccc2)nc(CC)n1. The van der Waals surface area contributed by atoms with Crippen LogP contribution in [0.5, 0.6) is 0 Å². The van der Waals surface area contributed by atoms with Gasteiger partial charge in [0, 0.05) is 59.3 Å². The summed E-state index contributed by atoms with van der Waals surface area (Å²) in [7, 11) is 0. The molecule has 4 aromatic rings. The molecule has 5 rings (SSSR count). The van der Waals surface area contributed by atoms with Crippen molar-refractivity contribution in [2.45, 2.75) is 77.0 Å². The Labute approximate surface area is 215 Å². The van der Waals surface area contributed by atoms with Crippen molar-refractivity contribution in [3.8, 4) is 0 Å². The summed E-state index contributed by atoms with van der Waals surface area (Å²) in [4.78, 5) is 19.8. The molecule has 1 aliphatic carbocycles. The van der Waals surface area contributed by atoms with Crippen LogP contribution in [0.4, 0.5) is 0 Å². The van der Waals surface area contributed by atoms with Gasteiger partial charge < -0.3 is 0 Å². The van der Waals surface area contributed by atoms with E-state index in [-0.39, 0.29) is 23.7 Å². The van der Waals surface area contributed by atoms with Crippen LogP contribution in [0.2, 0.25) is 0 Å². The fraction of sp³-hybridized carbons (Fsp3) is 0.375. The minimum absolute atomic E-state index is 0.253. The van der Waals surface area contributed by atoms with Crippen molar-refractivity contribution in [1.82, 2.24) is 19.9 Å². The van der Waals surface area contributed by atoms with Crippen molar-refractivity contribution in [2.24, 2.45) is 0 Å². The molecule has 0 bridgehead atoms. The standard InChI is InChI=1S/C32H36N4/c1-5-23-19-25(35-27(7-3)33-23)31-29(21-15-11-9-12-16-21)32(30(31)22-17-13-10-14-18-22)26-20-24(6-2)34-28(8-4)36-26/h9-20,29-32H,5-8H2,1-4H3. The van der Waals surface area contributed by atoms with Gasteiger partial charge in [0.2, 0.25) is 0 Å². The Morgan fingerprint density at radius 3 is 1.19 bits per heavy atom. The topological polar surface area (TPSA) is 51.6 Å². The van der Waals surface area contributed by atoms with Crippen LogP contribution in [0.25, 0.3) is 0 Å². The van der Waals surface area contributed by atoms with E-state index >= 15 is 0 Å². The Morgan fingerprint density at radius 1 is 0.472 bits per heavy atom. The number of nitrogens with zero attached hydrogens (tertiary/aromatic N) is 4. The van der Waals surface area contributed by atoms with E-state index in [9.17, 15) is 0 Å². The maximum Gasteiger partial charge on any atom is 0.128 e. The van der Waals surface area contributed by atoms with Crippen molar-refractivity contribution in [2.75, 3.05) is 0 Å². The van der Waals surface area contributed by atoms with Crippen LogP contribution in [0.1, 0.15) is 96.9 Å². The van der Waals surface area contributed by atoms with Crippen molar-refractivity contribution < 1.29 is 0 Å². The fourth-order valence-corrected chi connectivity index (χ4v) is 5.83. The van der Waals surface area contributed by atoms with Crippen molar-refractivity contribution in [1.29, 1.82) is 0 Å². The molecule has 2 heterocycles. The molecule has 1 fully saturated rings. The molecule has 0 aliphatic heterocycles. The predicted molar refractivity (Wildman–Crippen MR) is 145 cm³/mol. The highest BCUT2D eigenvalue weighted by Crippen LogP contribution is 2.65. The third kappa shape index (κ3) is 4.57. The summed E-state index contributed by atoms with van der Waals surface area (Å²) < 4.78 is 0. The van der Waals surface area contributed by atoms with Crippen molar-refractivity contribution >= 4 is 0 Å². The molecule has 184 valence electrons. The maximum absolute atomic E-state index is 5.13. The summed E-state index contributed by atoms with van der Waals surface area (Å²) in [5, 5.41) is 0. The average Bonchev–Trinajstić information content (AvgIpc) is 2.93. The molecule has 2 aromatic carbocycles. The zero-order chi connectivity index (χ0) is 25.1. The molecule has 0 radical (unpaired) electrons. The average molecular weight is 477 g/mol. The first kappa shape index (κ1) is 24.3. The lowest BCUT2D eigenvalue weighted by Gasteiger charge is -2.52. The van der Waals surface area contributed by atoms with Crippen molar-refractivity contribution in [3.63, 3.8) is 0 Å². The second-order valence-corrected chi connectivity index (χ2v) is 9.74. The van der Waals surface area contributed by atoms with Crippen LogP contribution < -0.4 is 0 Å². The summed E-state index contributed by atoms with van der Waals surface area (Å²) in [5.74, 6) is 2.95. The number of aryl methyl sites for hydroxylation is 4. The largest absolute Gasteiger partial charge is 0.238 e. The lowest BCUT2D eigenvalue weighted by atomic mass is 9.50. The van der Waals surface area contributed by atoms with E-state index in [0.29, 0.717) is 0 Å². The first-order chi connectivity index (χ1) is 17.7. The van der Waals surface area contributed by atoms with E-state index < -0.39 is 0 Å². The van der Waals surface area contributed by atoms with Gasteiger partial charge in [-0.15, -0.1) is 0 Å². The van der Waals surface area contributed by atoms with Gasteiger partial charge in [-0.3, -0.25) is 0 Å². The normalized spacial score (nSPS) is 21.2. The molecular formula is C32H36N4. The Hall–Kier alpha value is -3.40. The first-order valence-electron chi connectivity index (χ1n) is 13.5. The molecule has 0 atom stereocenters. The molecule has 1 saturated carbocycles. The Morgan fingerprint density at radius 2 is 0.861 bits per heavy atom. The van der Waals surface area contributed by atoms with Crippen LogP contribution in [-0.4, -0.2) is 19.9 Å². The van der Waals surface area contributed by atoms with Crippen LogP contribution in [0.3, 0.4) is 0 Å². The maximum atomic E-state index is 5.13. The van der Waals surface area contributed by atoms with Crippen LogP contribution in [-0.2, 0) is 25.7 Å². The van der Waals surface area contributed by atoms with E-state index in [1.165, 1.54) is 11.1 Å². The van der Waals surface area contributed by atoms with Gasteiger partial charge in [-0.05, 0) is 36.1 Å². The van der Waals surface area contributed by atoms with Gasteiger partial charge in [0.25, 0.3) is 0 Å². The van der Waals surface area contributed by atoms with E-state index in [4.69, 9.17) is 19.9 Å². The molecule has 0 unspecified atom stereocenters. The smallest absolute Gasteiger partial charge is 0.128 e. The molecule has 0 N–H and O–H groups in total. The number of hydrogen-bond donors (Lipinski definition) is 0. The van der Waals surface area contributed by atoms with Gasteiger partial charge in [-0.2, -0.15) is 0 Å². The van der Waals surface area contributed by atoms with Crippen LogP contribution >= 0.6 is 0 Å². The highest BCUT2D eigenvalue weighted by Gasteiger charge is 2.54. The number of rotatable bonds is 8. The summed E-state index contributed by atoms with van der Waals surface area (Å²) in [6.45, 7) is 8.64. The van der Waals surface area contributed by atoms with Gasteiger partial charge in [-0.25, -0.2) is 19.9 Å². The zero-order valence-corrected chi connectivity index (χ0v) is 21.9. The number of benzene rings is 2. The second kappa shape index (κ2) is 10.7. The molecule has 0 spiro atoms. The van der Waals surface area contributed by atoms with E-state index in [0.717, 1.165) is 60.1 Å². The lowest BCUT2D eigenvalue weighted by Crippen LogP contribution is -2.41. The van der Waals surface area contributed by atoms with Gasteiger partial charge in [-0.1, -0.05) is 88.4 Å². The molecule has 2 aromatic heterocycles.